The van der Waals surface area contributed by atoms with Gasteiger partial charge in [0.05, 0.1) is 5.69 Å². The van der Waals surface area contributed by atoms with Crippen LogP contribution in [0.15, 0.2) is 48.5 Å². The summed E-state index contributed by atoms with van der Waals surface area (Å²) in [7, 11) is 0. The van der Waals surface area contributed by atoms with E-state index in [1.165, 1.54) is 6.07 Å². The molecule has 0 spiro atoms. The molecule has 6 heteroatoms. The van der Waals surface area contributed by atoms with Crippen molar-refractivity contribution < 1.29 is 18.8 Å². The second kappa shape index (κ2) is 8.01. The SMILES string of the molecule is C[C@@H]1CC(=O)N(c2cccc(C(=O)NCC3(c4cccc(F)c4)CCCC3)c2)C1=O. The number of imide groups is 1. The maximum Gasteiger partial charge on any atom is 0.251 e. The van der Waals surface area contributed by atoms with Crippen LogP contribution >= 0.6 is 0 Å². The van der Waals surface area contributed by atoms with Crippen LogP contribution in [-0.4, -0.2) is 24.3 Å². The zero-order valence-electron chi connectivity index (χ0n) is 17.0. The van der Waals surface area contributed by atoms with Crippen LogP contribution in [0.5, 0.6) is 0 Å². The summed E-state index contributed by atoms with van der Waals surface area (Å²) in [5, 5.41) is 3.00. The van der Waals surface area contributed by atoms with E-state index >= 15 is 0 Å². The molecular formula is C24H25FN2O3. The lowest BCUT2D eigenvalue weighted by Gasteiger charge is -2.30. The predicted molar refractivity (Wildman–Crippen MR) is 112 cm³/mol. The molecule has 0 unspecified atom stereocenters. The Labute approximate surface area is 175 Å². The summed E-state index contributed by atoms with van der Waals surface area (Å²) in [6.07, 6.45) is 4.06. The van der Waals surface area contributed by atoms with Gasteiger partial charge in [-0.1, -0.05) is 38.0 Å². The second-order valence-corrected chi connectivity index (χ2v) is 8.40. The van der Waals surface area contributed by atoms with Crippen molar-refractivity contribution in [3.05, 3.63) is 65.5 Å². The van der Waals surface area contributed by atoms with Crippen molar-refractivity contribution in [3.8, 4) is 0 Å². The van der Waals surface area contributed by atoms with Crippen LogP contribution in [0.25, 0.3) is 0 Å². The van der Waals surface area contributed by atoms with Crippen LogP contribution in [0.2, 0.25) is 0 Å². The number of carbonyl (C=O) groups excluding carboxylic acids is 3. The van der Waals surface area contributed by atoms with Crippen LogP contribution in [0, 0.1) is 11.7 Å². The third kappa shape index (κ3) is 3.74. The highest BCUT2D eigenvalue weighted by Gasteiger charge is 2.38. The highest BCUT2D eigenvalue weighted by atomic mass is 19.1. The molecular weight excluding hydrogens is 383 g/mol. The fraction of sp³-hybridized carbons (Fsp3) is 0.375. The molecule has 4 rings (SSSR count). The minimum atomic E-state index is -0.344. The molecule has 2 aromatic rings. The first-order valence-corrected chi connectivity index (χ1v) is 10.4. The maximum absolute atomic E-state index is 13.8. The van der Waals surface area contributed by atoms with Gasteiger partial charge in [0, 0.05) is 29.9 Å². The fourth-order valence-corrected chi connectivity index (χ4v) is 4.63. The summed E-state index contributed by atoms with van der Waals surface area (Å²) in [6.45, 7) is 2.14. The lowest BCUT2D eigenvalue weighted by molar-refractivity contribution is -0.122. The standard InChI is InChI=1S/C24H25FN2O3/c1-16-12-21(28)27(23(16)30)20-9-4-6-17(13-20)22(29)26-15-24(10-2-3-11-24)18-7-5-8-19(25)14-18/h4-9,13-14,16H,2-3,10-12,15H2,1H3,(H,26,29)/t16-/m1/s1. The zero-order chi connectivity index (χ0) is 21.3. The summed E-state index contributed by atoms with van der Waals surface area (Å²) in [6, 6.07) is 13.2. The average Bonchev–Trinajstić information content (AvgIpc) is 3.31. The van der Waals surface area contributed by atoms with Crippen LogP contribution in [-0.2, 0) is 15.0 Å². The second-order valence-electron chi connectivity index (χ2n) is 8.40. The van der Waals surface area contributed by atoms with E-state index < -0.39 is 0 Å². The highest BCUT2D eigenvalue weighted by molar-refractivity contribution is 6.21. The summed E-state index contributed by atoms with van der Waals surface area (Å²) in [5.41, 5.74) is 1.45. The van der Waals surface area contributed by atoms with Crippen molar-refractivity contribution in [2.75, 3.05) is 11.4 Å². The van der Waals surface area contributed by atoms with Gasteiger partial charge in [0.2, 0.25) is 11.8 Å². The number of carbonyl (C=O) groups is 3. The van der Waals surface area contributed by atoms with Crippen molar-refractivity contribution in [2.45, 2.75) is 44.4 Å². The highest BCUT2D eigenvalue weighted by Crippen LogP contribution is 2.41. The van der Waals surface area contributed by atoms with Crippen LogP contribution in [0.3, 0.4) is 0 Å². The van der Waals surface area contributed by atoms with Crippen molar-refractivity contribution in [1.29, 1.82) is 0 Å². The minimum Gasteiger partial charge on any atom is -0.351 e. The van der Waals surface area contributed by atoms with Crippen molar-refractivity contribution in [2.24, 2.45) is 5.92 Å². The number of nitrogens with one attached hydrogen (secondary N) is 1. The van der Waals surface area contributed by atoms with Gasteiger partial charge in [0.25, 0.3) is 5.91 Å². The third-order valence-electron chi connectivity index (χ3n) is 6.32. The van der Waals surface area contributed by atoms with Crippen LogP contribution in [0.1, 0.15) is 54.9 Å². The van der Waals surface area contributed by atoms with Gasteiger partial charge in [-0.25, -0.2) is 4.39 Å². The molecule has 1 saturated heterocycles. The summed E-state index contributed by atoms with van der Waals surface area (Å²) < 4.78 is 13.8. The Hall–Kier alpha value is -3.02. The number of amides is 3. The maximum atomic E-state index is 13.8. The molecule has 5 nitrogen and oxygen atoms in total. The molecule has 0 radical (unpaired) electrons. The predicted octanol–water partition coefficient (Wildman–Crippen LogP) is 3.97. The summed E-state index contributed by atoms with van der Waals surface area (Å²) >= 11 is 0. The van der Waals surface area contributed by atoms with E-state index in [1.807, 2.05) is 6.07 Å². The molecule has 1 heterocycles. The Balaban J connectivity index is 1.52. The van der Waals surface area contributed by atoms with Crippen molar-refractivity contribution in [3.63, 3.8) is 0 Å². The van der Waals surface area contributed by atoms with Crippen LogP contribution < -0.4 is 10.2 Å². The van der Waals surface area contributed by atoms with Gasteiger partial charge in [-0.05, 0) is 48.7 Å². The van der Waals surface area contributed by atoms with Crippen LogP contribution in [0.4, 0.5) is 10.1 Å². The number of hydrogen-bond donors (Lipinski definition) is 1. The molecule has 3 amide bonds. The first kappa shape index (κ1) is 20.3. The Morgan fingerprint density at radius 3 is 2.53 bits per heavy atom. The first-order chi connectivity index (χ1) is 14.4. The molecule has 1 aliphatic carbocycles. The first-order valence-electron chi connectivity index (χ1n) is 10.4. The monoisotopic (exact) mass is 408 g/mol. The molecule has 1 N–H and O–H groups in total. The van der Waals surface area contributed by atoms with Gasteiger partial charge >= 0.3 is 0 Å². The topological polar surface area (TPSA) is 66.5 Å². The van der Waals surface area contributed by atoms with E-state index in [-0.39, 0.29) is 41.3 Å². The quantitative estimate of drug-likeness (QED) is 0.762. The molecule has 0 aromatic heterocycles. The normalized spacial score (nSPS) is 20.6. The van der Waals surface area contributed by atoms with E-state index in [4.69, 9.17) is 0 Å². The lowest BCUT2D eigenvalue weighted by Crippen LogP contribution is -2.39. The van der Waals surface area contributed by atoms with E-state index in [9.17, 15) is 18.8 Å². The number of nitrogens with zero attached hydrogens (tertiary/aromatic N) is 1. The van der Waals surface area contributed by atoms with Gasteiger partial charge in [0.15, 0.2) is 0 Å². The Kier molecular flexibility index (Phi) is 5.41. The zero-order valence-corrected chi connectivity index (χ0v) is 17.0. The molecule has 1 aliphatic heterocycles. The number of hydrogen-bond acceptors (Lipinski definition) is 3. The Bertz CT molecular complexity index is 997. The van der Waals surface area contributed by atoms with Gasteiger partial charge in [0.1, 0.15) is 5.82 Å². The van der Waals surface area contributed by atoms with E-state index in [1.54, 1.807) is 43.3 Å². The van der Waals surface area contributed by atoms with E-state index in [0.29, 0.717) is 17.8 Å². The number of anilines is 1. The molecule has 2 aliphatic rings. The Morgan fingerprint density at radius 2 is 1.87 bits per heavy atom. The fourth-order valence-electron chi connectivity index (χ4n) is 4.63. The number of benzene rings is 2. The smallest absolute Gasteiger partial charge is 0.251 e. The summed E-state index contributed by atoms with van der Waals surface area (Å²) in [4.78, 5) is 38.5. The number of halogens is 1. The number of rotatable bonds is 5. The molecule has 30 heavy (non-hydrogen) atoms. The molecule has 1 saturated carbocycles. The third-order valence-corrected chi connectivity index (χ3v) is 6.32. The molecule has 2 aromatic carbocycles. The average molecular weight is 408 g/mol. The molecule has 156 valence electrons. The van der Waals surface area contributed by atoms with Crippen molar-refractivity contribution in [1.82, 2.24) is 5.32 Å². The van der Waals surface area contributed by atoms with E-state index in [2.05, 4.69) is 5.32 Å². The van der Waals surface area contributed by atoms with Gasteiger partial charge < -0.3 is 5.32 Å². The molecule has 2 fully saturated rings. The lowest BCUT2D eigenvalue weighted by atomic mass is 9.78. The summed E-state index contributed by atoms with van der Waals surface area (Å²) in [5.74, 6) is -1.38. The van der Waals surface area contributed by atoms with Crippen molar-refractivity contribution >= 4 is 23.4 Å². The molecule has 1 atom stereocenters. The molecule has 0 bridgehead atoms. The van der Waals surface area contributed by atoms with Gasteiger partial charge in [-0.15, -0.1) is 0 Å². The minimum absolute atomic E-state index is 0.186. The van der Waals surface area contributed by atoms with Gasteiger partial charge in [-0.3, -0.25) is 19.3 Å². The van der Waals surface area contributed by atoms with E-state index in [0.717, 1.165) is 36.1 Å². The largest absolute Gasteiger partial charge is 0.351 e. The van der Waals surface area contributed by atoms with Gasteiger partial charge in [-0.2, -0.15) is 0 Å². The Morgan fingerprint density at radius 1 is 1.13 bits per heavy atom.